The molecule has 0 saturated heterocycles. The summed E-state index contributed by atoms with van der Waals surface area (Å²) in [6.45, 7) is 8.17. The van der Waals surface area contributed by atoms with E-state index in [9.17, 15) is 4.79 Å². The van der Waals surface area contributed by atoms with E-state index < -0.39 is 0 Å². The molecule has 1 aromatic carbocycles. The van der Waals surface area contributed by atoms with Crippen LogP contribution in [-0.2, 0) is 6.42 Å². The molecule has 1 aromatic rings. The Kier molecular flexibility index (Phi) is 5.43. The van der Waals surface area contributed by atoms with Crippen LogP contribution in [0.2, 0.25) is 0 Å². The van der Waals surface area contributed by atoms with Crippen LogP contribution in [0.4, 0.5) is 10.5 Å². The zero-order valence-corrected chi connectivity index (χ0v) is 11.9. The van der Waals surface area contributed by atoms with E-state index in [-0.39, 0.29) is 12.1 Å². The van der Waals surface area contributed by atoms with E-state index in [1.165, 1.54) is 10.9 Å². The number of urea groups is 1. The van der Waals surface area contributed by atoms with Crippen molar-refractivity contribution in [3.63, 3.8) is 0 Å². The summed E-state index contributed by atoms with van der Waals surface area (Å²) in [5.74, 6) is 0. The Morgan fingerprint density at radius 3 is 2.65 bits per heavy atom. The van der Waals surface area contributed by atoms with E-state index in [2.05, 4.69) is 30.3 Å². The molecular formula is C13H21N2OP. The number of carbonyl (C=O) groups is 1. The summed E-state index contributed by atoms with van der Waals surface area (Å²) >= 11 is 0. The average Bonchev–Trinajstić information content (AvgIpc) is 2.27. The van der Waals surface area contributed by atoms with E-state index >= 15 is 0 Å². The van der Waals surface area contributed by atoms with Crippen LogP contribution in [0.5, 0.6) is 0 Å². The Labute approximate surface area is 105 Å². The fourth-order valence-electron chi connectivity index (χ4n) is 1.74. The van der Waals surface area contributed by atoms with Gasteiger partial charge in [0.1, 0.15) is 0 Å². The van der Waals surface area contributed by atoms with E-state index in [1.54, 1.807) is 0 Å². The van der Waals surface area contributed by atoms with Gasteiger partial charge in [-0.05, 0) is 43.9 Å². The molecule has 1 unspecified atom stereocenters. The summed E-state index contributed by atoms with van der Waals surface area (Å²) in [6.07, 6.45) is 0.939. The zero-order chi connectivity index (χ0) is 12.8. The second kappa shape index (κ2) is 6.61. The van der Waals surface area contributed by atoms with Crippen molar-refractivity contribution in [3.8, 4) is 0 Å². The highest BCUT2D eigenvalue weighted by Crippen LogP contribution is 2.19. The van der Waals surface area contributed by atoms with Crippen molar-refractivity contribution in [1.29, 1.82) is 0 Å². The lowest BCUT2D eigenvalue weighted by molar-refractivity contribution is 0.250. The van der Waals surface area contributed by atoms with Crippen molar-refractivity contribution in [2.24, 2.45) is 0 Å². The predicted octanol–water partition coefficient (Wildman–Crippen LogP) is 2.71. The third-order valence-corrected chi connectivity index (χ3v) is 3.47. The van der Waals surface area contributed by atoms with E-state index in [0.29, 0.717) is 0 Å². The number of amides is 2. The fourth-order valence-corrected chi connectivity index (χ4v) is 2.62. The molecule has 17 heavy (non-hydrogen) atoms. The topological polar surface area (TPSA) is 41.1 Å². The van der Waals surface area contributed by atoms with E-state index in [1.807, 2.05) is 26.0 Å². The lowest BCUT2D eigenvalue weighted by Crippen LogP contribution is -2.34. The Balaban J connectivity index is 2.87. The monoisotopic (exact) mass is 252 g/mol. The molecule has 1 atom stereocenters. The Bertz CT molecular complexity index is 391. The van der Waals surface area contributed by atoms with Gasteiger partial charge in [0, 0.05) is 11.7 Å². The normalized spacial score (nSPS) is 11.1. The first kappa shape index (κ1) is 14.0. The molecule has 2 N–H and O–H groups in total. The molecule has 0 spiro atoms. The van der Waals surface area contributed by atoms with Gasteiger partial charge >= 0.3 is 6.03 Å². The SMILES string of the molecule is CCc1c(NC(=O)NC(C)C)cccc1PC. The predicted molar refractivity (Wildman–Crippen MR) is 77.0 cm³/mol. The average molecular weight is 252 g/mol. The van der Waals surface area contributed by atoms with Gasteiger partial charge in [-0.1, -0.05) is 27.6 Å². The summed E-state index contributed by atoms with van der Waals surface area (Å²) in [4.78, 5) is 11.7. The maximum absolute atomic E-state index is 11.7. The van der Waals surface area contributed by atoms with Crippen molar-refractivity contribution in [2.75, 3.05) is 12.0 Å². The molecule has 4 heteroatoms. The molecule has 0 aliphatic rings. The smallest absolute Gasteiger partial charge is 0.319 e. The molecule has 0 aliphatic carbocycles. The molecule has 94 valence electrons. The lowest BCUT2D eigenvalue weighted by atomic mass is 10.1. The number of benzene rings is 1. The highest BCUT2D eigenvalue weighted by atomic mass is 31.1. The summed E-state index contributed by atoms with van der Waals surface area (Å²) in [5.41, 5.74) is 2.17. The second-order valence-electron chi connectivity index (χ2n) is 4.19. The van der Waals surface area contributed by atoms with Gasteiger partial charge in [-0.3, -0.25) is 0 Å². The summed E-state index contributed by atoms with van der Waals surface area (Å²) < 4.78 is 0. The molecule has 0 radical (unpaired) electrons. The zero-order valence-electron chi connectivity index (χ0n) is 10.9. The molecule has 0 fully saturated rings. The van der Waals surface area contributed by atoms with Gasteiger partial charge < -0.3 is 10.6 Å². The standard InChI is InChI=1S/C13H21N2OP/c1-5-10-11(7-6-8-12(10)17-4)15-13(16)14-9(2)3/h6-9,17H,5H2,1-4H3,(H2,14,15,16). The molecule has 3 nitrogen and oxygen atoms in total. The van der Waals surface area contributed by atoms with Gasteiger partial charge in [-0.2, -0.15) is 0 Å². The first-order valence-corrected chi connectivity index (χ1v) is 7.45. The van der Waals surface area contributed by atoms with Crippen LogP contribution in [0.15, 0.2) is 18.2 Å². The molecule has 1 rings (SSSR count). The number of hydrogen-bond acceptors (Lipinski definition) is 1. The Morgan fingerprint density at radius 2 is 2.12 bits per heavy atom. The molecule has 0 bridgehead atoms. The first-order chi connectivity index (χ1) is 8.08. The molecule has 0 aromatic heterocycles. The van der Waals surface area contributed by atoms with Crippen LogP contribution >= 0.6 is 8.58 Å². The molecular weight excluding hydrogens is 231 g/mol. The number of nitrogens with one attached hydrogen (secondary N) is 2. The van der Waals surface area contributed by atoms with Gasteiger partial charge in [-0.15, -0.1) is 0 Å². The van der Waals surface area contributed by atoms with Crippen molar-refractivity contribution >= 4 is 25.6 Å². The maximum atomic E-state index is 11.7. The van der Waals surface area contributed by atoms with Crippen molar-refractivity contribution in [3.05, 3.63) is 23.8 Å². The summed E-state index contributed by atoms with van der Waals surface area (Å²) in [5, 5.41) is 7.08. The number of rotatable bonds is 4. The van der Waals surface area contributed by atoms with Crippen LogP contribution in [0, 0.1) is 0 Å². The van der Waals surface area contributed by atoms with Crippen LogP contribution in [0.1, 0.15) is 26.3 Å². The lowest BCUT2D eigenvalue weighted by Gasteiger charge is -2.15. The van der Waals surface area contributed by atoms with Gasteiger partial charge in [0.05, 0.1) is 0 Å². The van der Waals surface area contributed by atoms with E-state index in [0.717, 1.165) is 20.7 Å². The largest absolute Gasteiger partial charge is 0.336 e. The van der Waals surface area contributed by atoms with Gasteiger partial charge in [0.15, 0.2) is 0 Å². The summed E-state index contributed by atoms with van der Waals surface area (Å²) in [6, 6.07) is 6.10. The molecule has 2 amide bonds. The van der Waals surface area contributed by atoms with E-state index in [4.69, 9.17) is 0 Å². The maximum Gasteiger partial charge on any atom is 0.319 e. The number of anilines is 1. The Morgan fingerprint density at radius 1 is 1.41 bits per heavy atom. The summed E-state index contributed by atoms with van der Waals surface area (Å²) in [7, 11) is 0.753. The van der Waals surface area contributed by atoms with Crippen molar-refractivity contribution in [2.45, 2.75) is 33.2 Å². The quantitative estimate of drug-likeness (QED) is 0.795. The Hall–Kier alpha value is -1.08. The van der Waals surface area contributed by atoms with Crippen LogP contribution < -0.4 is 15.9 Å². The van der Waals surface area contributed by atoms with Crippen molar-refractivity contribution in [1.82, 2.24) is 5.32 Å². The highest BCUT2D eigenvalue weighted by molar-refractivity contribution is 7.46. The van der Waals surface area contributed by atoms with Crippen LogP contribution in [0.25, 0.3) is 0 Å². The van der Waals surface area contributed by atoms with Gasteiger partial charge in [0.2, 0.25) is 0 Å². The third-order valence-electron chi connectivity index (χ3n) is 2.47. The van der Waals surface area contributed by atoms with Crippen LogP contribution in [0.3, 0.4) is 0 Å². The van der Waals surface area contributed by atoms with Gasteiger partial charge in [0.25, 0.3) is 0 Å². The third kappa shape index (κ3) is 4.01. The minimum Gasteiger partial charge on any atom is -0.336 e. The second-order valence-corrected chi connectivity index (χ2v) is 5.23. The molecule has 0 saturated carbocycles. The minimum atomic E-state index is -0.133. The molecule has 0 aliphatic heterocycles. The minimum absolute atomic E-state index is 0.133. The highest BCUT2D eigenvalue weighted by Gasteiger charge is 2.09. The van der Waals surface area contributed by atoms with Crippen molar-refractivity contribution < 1.29 is 4.79 Å². The van der Waals surface area contributed by atoms with Gasteiger partial charge in [-0.25, -0.2) is 4.79 Å². The number of carbonyl (C=O) groups excluding carboxylic acids is 1. The van der Waals surface area contributed by atoms with Crippen LogP contribution in [-0.4, -0.2) is 18.7 Å². The fraction of sp³-hybridized carbons (Fsp3) is 0.462. The first-order valence-electron chi connectivity index (χ1n) is 5.95. The molecule has 0 heterocycles. The number of hydrogen-bond donors (Lipinski definition) is 2.